The summed E-state index contributed by atoms with van der Waals surface area (Å²) >= 11 is 0. The highest BCUT2D eigenvalue weighted by Gasteiger charge is 2.23. The van der Waals surface area contributed by atoms with Crippen molar-refractivity contribution in [3.8, 4) is 0 Å². The second-order valence-corrected chi connectivity index (χ2v) is 5.56. The zero-order chi connectivity index (χ0) is 11.6. The molecule has 3 nitrogen and oxygen atoms in total. The lowest BCUT2D eigenvalue weighted by Crippen LogP contribution is -2.23. The van der Waals surface area contributed by atoms with Crippen LogP contribution in [0.5, 0.6) is 0 Å². The molecule has 2 atom stereocenters. The van der Waals surface area contributed by atoms with Gasteiger partial charge in [0.2, 0.25) is 0 Å². The Morgan fingerprint density at radius 2 is 2.07 bits per heavy atom. The average molecular weight is 209 g/mol. The fraction of sp³-hybridized carbons (Fsp3) is 0.750. The number of nitrogens with two attached hydrogens (primary N) is 1. The van der Waals surface area contributed by atoms with E-state index >= 15 is 0 Å². The normalized spacial score (nSPS) is 16.4. The third-order valence-corrected chi connectivity index (χ3v) is 3.24. The maximum atomic E-state index is 6.15. The summed E-state index contributed by atoms with van der Waals surface area (Å²) in [7, 11) is 1.92. The van der Waals surface area contributed by atoms with E-state index in [9.17, 15) is 0 Å². The van der Waals surface area contributed by atoms with Crippen molar-refractivity contribution in [2.45, 2.75) is 40.2 Å². The average Bonchev–Trinajstić information content (AvgIpc) is 2.50. The van der Waals surface area contributed by atoms with Crippen molar-refractivity contribution in [1.29, 1.82) is 0 Å². The lowest BCUT2D eigenvalue weighted by atomic mass is 9.78. The molecule has 0 spiro atoms. The van der Waals surface area contributed by atoms with Gasteiger partial charge in [0, 0.05) is 24.8 Å². The predicted octanol–water partition coefficient (Wildman–Crippen LogP) is 2.49. The molecule has 2 N–H and O–H groups in total. The Labute approximate surface area is 92.7 Å². The number of nitrogens with zero attached hydrogens (tertiary/aromatic N) is 2. The Bertz CT molecular complexity index is 309. The first-order chi connectivity index (χ1) is 6.80. The predicted molar refractivity (Wildman–Crippen MR) is 63.4 cm³/mol. The van der Waals surface area contributed by atoms with Gasteiger partial charge in [-0.3, -0.25) is 4.68 Å². The lowest BCUT2D eigenvalue weighted by Gasteiger charge is -2.29. The van der Waals surface area contributed by atoms with Crippen molar-refractivity contribution < 1.29 is 0 Å². The van der Waals surface area contributed by atoms with E-state index in [1.807, 2.05) is 19.4 Å². The summed E-state index contributed by atoms with van der Waals surface area (Å²) in [6.07, 6.45) is 4.87. The van der Waals surface area contributed by atoms with Crippen LogP contribution in [0.1, 0.15) is 45.7 Å². The maximum Gasteiger partial charge on any atom is 0.0537 e. The van der Waals surface area contributed by atoms with Crippen LogP contribution in [0.4, 0.5) is 0 Å². The Kier molecular flexibility index (Phi) is 3.55. The van der Waals surface area contributed by atoms with Crippen LogP contribution >= 0.6 is 0 Å². The molecule has 3 heteroatoms. The van der Waals surface area contributed by atoms with E-state index in [4.69, 9.17) is 5.73 Å². The molecule has 0 aromatic carbocycles. The molecule has 1 aromatic rings. The van der Waals surface area contributed by atoms with Crippen LogP contribution < -0.4 is 5.73 Å². The van der Waals surface area contributed by atoms with Crippen LogP contribution in [0.15, 0.2) is 12.4 Å². The summed E-state index contributed by atoms with van der Waals surface area (Å²) in [4.78, 5) is 0. The number of aromatic nitrogens is 2. The first-order valence-corrected chi connectivity index (χ1v) is 5.55. The number of aryl methyl sites for hydroxylation is 1. The second-order valence-electron chi connectivity index (χ2n) is 5.56. The molecule has 1 heterocycles. The standard InChI is InChI=1S/C12H23N3/c1-9(12(2,3)4)6-11(13)10-7-14-15(5)8-10/h7-9,11H,6,13H2,1-5H3. The van der Waals surface area contributed by atoms with Crippen molar-refractivity contribution in [3.63, 3.8) is 0 Å². The van der Waals surface area contributed by atoms with Gasteiger partial charge < -0.3 is 5.73 Å². The second kappa shape index (κ2) is 4.35. The number of rotatable bonds is 3. The van der Waals surface area contributed by atoms with Crippen LogP contribution in [0.3, 0.4) is 0 Å². The van der Waals surface area contributed by atoms with Gasteiger partial charge in [0.25, 0.3) is 0 Å². The molecule has 0 amide bonds. The van der Waals surface area contributed by atoms with Crippen molar-refractivity contribution in [3.05, 3.63) is 18.0 Å². The van der Waals surface area contributed by atoms with Gasteiger partial charge in [0.05, 0.1) is 6.20 Å². The summed E-state index contributed by atoms with van der Waals surface area (Å²) in [5.41, 5.74) is 7.60. The van der Waals surface area contributed by atoms with E-state index in [-0.39, 0.29) is 6.04 Å². The SMILES string of the molecule is CC(CC(N)c1cnn(C)c1)C(C)(C)C. The van der Waals surface area contributed by atoms with E-state index in [1.54, 1.807) is 4.68 Å². The van der Waals surface area contributed by atoms with E-state index in [0.29, 0.717) is 11.3 Å². The van der Waals surface area contributed by atoms with Gasteiger partial charge in [-0.25, -0.2) is 0 Å². The Morgan fingerprint density at radius 1 is 1.47 bits per heavy atom. The number of hydrogen-bond donors (Lipinski definition) is 1. The number of hydrogen-bond acceptors (Lipinski definition) is 2. The molecular formula is C12H23N3. The minimum Gasteiger partial charge on any atom is -0.324 e. The summed E-state index contributed by atoms with van der Waals surface area (Å²) < 4.78 is 1.80. The zero-order valence-electron chi connectivity index (χ0n) is 10.5. The van der Waals surface area contributed by atoms with Crippen molar-refractivity contribution >= 4 is 0 Å². The molecule has 0 aliphatic heterocycles. The van der Waals surface area contributed by atoms with E-state index < -0.39 is 0 Å². The van der Waals surface area contributed by atoms with Gasteiger partial charge in [-0.2, -0.15) is 5.10 Å². The van der Waals surface area contributed by atoms with Gasteiger partial charge in [-0.1, -0.05) is 27.7 Å². The highest BCUT2D eigenvalue weighted by Crippen LogP contribution is 2.32. The molecule has 0 fully saturated rings. The van der Waals surface area contributed by atoms with Gasteiger partial charge in [-0.15, -0.1) is 0 Å². The smallest absolute Gasteiger partial charge is 0.0537 e. The van der Waals surface area contributed by atoms with Gasteiger partial charge >= 0.3 is 0 Å². The summed E-state index contributed by atoms with van der Waals surface area (Å²) in [6, 6.07) is 0.105. The maximum absolute atomic E-state index is 6.15. The first kappa shape index (κ1) is 12.2. The van der Waals surface area contributed by atoms with E-state index in [2.05, 4.69) is 32.8 Å². The molecule has 0 aliphatic carbocycles. The third kappa shape index (κ3) is 3.34. The van der Waals surface area contributed by atoms with E-state index in [1.165, 1.54) is 0 Å². The molecule has 1 aromatic heterocycles. The van der Waals surface area contributed by atoms with Crippen LogP contribution in [-0.2, 0) is 7.05 Å². The molecule has 1 rings (SSSR count). The molecule has 0 saturated heterocycles. The molecule has 0 bridgehead atoms. The van der Waals surface area contributed by atoms with E-state index in [0.717, 1.165) is 12.0 Å². The zero-order valence-corrected chi connectivity index (χ0v) is 10.5. The summed E-state index contributed by atoms with van der Waals surface area (Å²) in [6.45, 7) is 9.03. The monoisotopic (exact) mass is 209 g/mol. The van der Waals surface area contributed by atoms with Crippen molar-refractivity contribution in [1.82, 2.24) is 9.78 Å². The molecule has 0 radical (unpaired) electrons. The summed E-state index contributed by atoms with van der Waals surface area (Å²) in [5, 5.41) is 4.14. The van der Waals surface area contributed by atoms with Crippen LogP contribution in [-0.4, -0.2) is 9.78 Å². The van der Waals surface area contributed by atoms with Gasteiger partial charge in [0.1, 0.15) is 0 Å². The molecule has 0 saturated carbocycles. The Balaban J connectivity index is 2.60. The minimum atomic E-state index is 0.105. The van der Waals surface area contributed by atoms with Crippen molar-refractivity contribution in [2.75, 3.05) is 0 Å². The van der Waals surface area contributed by atoms with Crippen LogP contribution in [0, 0.1) is 11.3 Å². The molecule has 2 unspecified atom stereocenters. The Hall–Kier alpha value is -0.830. The van der Waals surface area contributed by atoms with Crippen LogP contribution in [0.25, 0.3) is 0 Å². The summed E-state index contributed by atoms with van der Waals surface area (Å²) in [5.74, 6) is 0.604. The largest absolute Gasteiger partial charge is 0.324 e. The quantitative estimate of drug-likeness (QED) is 0.831. The van der Waals surface area contributed by atoms with Gasteiger partial charge in [-0.05, 0) is 17.8 Å². The highest BCUT2D eigenvalue weighted by molar-refractivity contribution is 5.09. The first-order valence-electron chi connectivity index (χ1n) is 5.55. The molecule has 86 valence electrons. The minimum absolute atomic E-state index is 0.105. The molecule has 15 heavy (non-hydrogen) atoms. The lowest BCUT2D eigenvalue weighted by molar-refractivity contribution is 0.234. The van der Waals surface area contributed by atoms with Crippen molar-refractivity contribution in [2.24, 2.45) is 24.1 Å². The molecular weight excluding hydrogens is 186 g/mol. The third-order valence-electron chi connectivity index (χ3n) is 3.24. The Morgan fingerprint density at radius 3 is 2.47 bits per heavy atom. The fourth-order valence-corrected chi connectivity index (χ4v) is 1.50. The van der Waals surface area contributed by atoms with Gasteiger partial charge in [0.15, 0.2) is 0 Å². The van der Waals surface area contributed by atoms with Crippen LogP contribution in [0.2, 0.25) is 0 Å². The highest BCUT2D eigenvalue weighted by atomic mass is 15.2. The molecule has 0 aliphatic rings. The fourth-order valence-electron chi connectivity index (χ4n) is 1.50. The topological polar surface area (TPSA) is 43.8 Å².